The predicted octanol–water partition coefficient (Wildman–Crippen LogP) is 4.94. The summed E-state index contributed by atoms with van der Waals surface area (Å²) >= 11 is 0. The van der Waals surface area contributed by atoms with Crippen LogP contribution in [0.4, 0.5) is 11.4 Å². The average molecular weight is 306 g/mol. The van der Waals surface area contributed by atoms with E-state index in [1.807, 2.05) is 0 Å². The molecule has 2 fully saturated rings. The summed E-state index contributed by atoms with van der Waals surface area (Å²) in [6.07, 6.45) is 6.69. The molecule has 0 unspecified atom stereocenters. The third-order valence-electron chi connectivity index (χ3n) is 5.20. The molecule has 0 amide bonds. The van der Waals surface area contributed by atoms with Crippen LogP contribution in [-0.4, -0.2) is 26.2 Å². The minimum atomic E-state index is 1.21. The average Bonchev–Trinajstić information content (AvgIpc) is 3.18. The van der Waals surface area contributed by atoms with Gasteiger partial charge >= 0.3 is 0 Å². The zero-order chi connectivity index (χ0) is 15.5. The quantitative estimate of drug-likeness (QED) is 0.792. The van der Waals surface area contributed by atoms with E-state index >= 15 is 0 Å². The maximum atomic E-state index is 2.58. The van der Waals surface area contributed by atoms with E-state index in [0.29, 0.717) is 0 Å². The Hall–Kier alpha value is -1.96. The highest BCUT2D eigenvalue weighted by Gasteiger charge is 2.17. The summed E-state index contributed by atoms with van der Waals surface area (Å²) in [5.74, 6) is 0. The van der Waals surface area contributed by atoms with E-state index in [2.05, 4.69) is 58.3 Å². The van der Waals surface area contributed by atoms with Gasteiger partial charge in [-0.1, -0.05) is 30.3 Å². The zero-order valence-electron chi connectivity index (χ0n) is 13.9. The highest BCUT2D eigenvalue weighted by atomic mass is 15.2. The maximum Gasteiger partial charge on any atom is 0.0393 e. The van der Waals surface area contributed by atoms with Crippen molar-refractivity contribution in [1.29, 1.82) is 0 Å². The van der Waals surface area contributed by atoms with Crippen molar-refractivity contribution in [3.8, 4) is 11.1 Å². The van der Waals surface area contributed by atoms with E-state index in [9.17, 15) is 0 Å². The van der Waals surface area contributed by atoms with Crippen LogP contribution in [0.25, 0.3) is 11.1 Å². The Bertz CT molecular complexity index is 638. The molecule has 23 heavy (non-hydrogen) atoms. The number of hydrogen-bond acceptors (Lipinski definition) is 2. The Kier molecular flexibility index (Phi) is 4.23. The number of nitrogens with zero attached hydrogens (tertiary/aromatic N) is 2. The fraction of sp³-hybridized carbons (Fsp3) is 0.429. The highest BCUT2D eigenvalue weighted by Crippen LogP contribution is 2.33. The molecule has 120 valence electrons. The second kappa shape index (κ2) is 6.66. The number of piperidine rings is 1. The molecule has 2 heterocycles. The molecule has 0 aliphatic carbocycles. The van der Waals surface area contributed by atoms with Crippen molar-refractivity contribution in [2.24, 2.45) is 0 Å². The third-order valence-corrected chi connectivity index (χ3v) is 5.20. The first-order valence-corrected chi connectivity index (χ1v) is 9.10. The van der Waals surface area contributed by atoms with Crippen molar-refractivity contribution in [3.05, 3.63) is 48.5 Å². The molecule has 2 saturated heterocycles. The molecule has 2 nitrogen and oxygen atoms in total. The van der Waals surface area contributed by atoms with E-state index in [4.69, 9.17) is 0 Å². The van der Waals surface area contributed by atoms with E-state index in [0.717, 1.165) is 0 Å². The molecule has 0 saturated carbocycles. The van der Waals surface area contributed by atoms with E-state index in [-0.39, 0.29) is 0 Å². The summed E-state index contributed by atoms with van der Waals surface area (Å²) in [5, 5.41) is 0. The summed E-state index contributed by atoms with van der Waals surface area (Å²) in [6.45, 7) is 4.82. The molecule has 0 N–H and O–H groups in total. The zero-order valence-corrected chi connectivity index (χ0v) is 13.9. The topological polar surface area (TPSA) is 6.48 Å². The fourth-order valence-electron chi connectivity index (χ4n) is 3.89. The predicted molar refractivity (Wildman–Crippen MR) is 99.4 cm³/mol. The Balaban J connectivity index is 1.73. The number of rotatable bonds is 3. The van der Waals surface area contributed by atoms with Gasteiger partial charge in [0.2, 0.25) is 0 Å². The minimum absolute atomic E-state index is 1.21. The monoisotopic (exact) mass is 306 g/mol. The summed E-state index contributed by atoms with van der Waals surface area (Å²) in [5.41, 5.74) is 5.50. The Morgan fingerprint density at radius 1 is 0.522 bits per heavy atom. The number of benzene rings is 2. The second-order valence-electron chi connectivity index (χ2n) is 6.85. The Morgan fingerprint density at radius 2 is 1.04 bits per heavy atom. The Labute approximate surface area is 139 Å². The lowest BCUT2D eigenvalue weighted by Crippen LogP contribution is -2.29. The number of anilines is 2. The minimum Gasteiger partial charge on any atom is -0.371 e. The second-order valence-corrected chi connectivity index (χ2v) is 6.85. The molecule has 0 radical (unpaired) electrons. The first-order chi connectivity index (χ1) is 11.4. The molecule has 2 heteroatoms. The van der Waals surface area contributed by atoms with Gasteiger partial charge in [0.25, 0.3) is 0 Å². The molecule has 2 aliphatic heterocycles. The third kappa shape index (κ3) is 3.21. The van der Waals surface area contributed by atoms with Crippen LogP contribution >= 0.6 is 0 Å². The molecule has 4 rings (SSSR count). The van der Waals surface area contributed by atoms with E-state index < -0.39 is 0 Å². The number of hydrogen-bond donors (Lipinski definition) is 0. The van der Waals surface area contributed by atoms with Crippen molar-refractivity contribution in [1.82, 2.24) is 0 Å². The van der Waals surface area contributed by atoms with Gasteiger partial charge in [0.1, 0.15) is 0 Å². The molecule has 2 aromatic carbocycles. The molecule has 0 atom stereocenters. The standard InChI is InChI=1S/C21H26N2/c1-3-9-18(10-4-1)19-15-20(22-11-5-2-6-12-22)17-21(16-19)23-13-7-8-14-23/h1,3-4,9-10,15-17H,2,5-8,11-14H2. The molecule has 0 aromatic heterocycles. The van der Waals surface area contributed by atoms with Gasteiger partial charge in [0, 0.05) is 37.6 Å². The first kappa shape index (κ1) is 14.6. The van der Waals surface area contributed by atoms with Crippen LogP contribution in [0.5, 0.6) is 0 Å². The molecule has 2 aromatic rings. The van der Waals surface area contributed by atoms with Gasteiger partial charge in [0.15, 0.2) is 0 Å². The van der Waals surface area contributed by atoms with Gasteiger partial charge in [-0.15, -0.1) is 0 Å². The van der Waals surface area contributed by atoms with Crippen LogP contribution in [0.1, 0.15) is 32.1 Å². The van der Waals surface area contributed by atoms with Crippen LogP contribution in [-0.2, 0) is 0 Å². The normalized spacial score (nSPS) is 18.4. The smallest absolute Gasteiger partial charge is 0.0393 e. The van der Waals surface area contributed by atoms with Crippen molar-refractivity contribution in [2.45, 2.75) is 32.1 Å². The van der Waals surface area contributed by atoms with Crippen molar-refractivity contribution < 1.29 is 0 Å². The highest BCUT2D eigenvalue weighted by molar-refractivity contribution is 5.75. The van der Waals surface area contributed by atoms with Gasteiger partial charge in [-0.2, -0.15) is 0 Å². The molecule has 0 bridgehead atoms. The van der Waals surface area contributed by atoms with E-state index in [1.54, 1.807) is 0 Å². The largest absolute Gasteiger partial charge is 0.371 e. The van der Waals surface area contributed by atoms with Crippen LogP contribution < -0.4 is 9.80 Å². The maximum absolute atomic E-state index is 2.58. The lowest BCUT2D eigenvalue weighted by atomic mass is 10.0. The van der Waals surface area contributed by atoms with Crippen LogP contribution in [0.2, 0.25) is 0 Å². The van der Waals surface area contributed by atoms with Crippen LogP contribution in [0.3, 0.4) is 0 Å². The van der Waals surface area contributed by atoms with E-state index in [1.165, 1.54) is 80.8 Å². The summed E-state index contributed by atoms with van der Waals surface area (Å²) in [4.78, 5) is 5.13. The van der Waals surface area contributed by atoms with Crippen LogP contribution in [0.15, 0.2) is 48.5 Å². The van der Waals surface area contributed by atoms with Crippen molar-refractivity contribution >= 4 is 11.4 Å². The summed E-state index contributed by atoms with van der Waals surface area (Å²) < 4.78 is 0. The van der Waals surface area contributed by atoms with Gasteiger partial charge in [-0.05, 0) is 61.4 Å². The van der Waals surface area contributed by atoms with Crippen LogP contribution in [0, 0.1) is 0 Å². The van der Waals surface area contributed by atoms with Gasteiger partial charge in [0.05, 0.1) is 0 Å². The lowest BCUT2D eigenvalue weighted by Gasteiger charge is -2.30. The molecule has 0 spiro atoms. The molecule has 2 aliphatic rings. The van der Waals surface area contributed by atoms with Crippen molar-refractivity contribution in [2.75, 3.05) is 36.0 Å². The Morgan fingerprint density at radius 3 is 1.61 bits per heavy atom. The van der Waals surface area contributed by atoms with Gasteiger partial charge < -0.3 is 9.80 Å². The molecular weight excluding hydrogens is 280 g/mol. The van der Waals surface area contributed by atoms with Crippen molar-refractivity contribution in [3.63, 3.8) is 0 Å². The van der Waals surface area contributed by atoms with Gasteiger partial charge in [-0.3, -0.25) is 0 Å². The summed E-state index contributed by atoms with van der Waals surface area (Å²) in [7, 11) is 0. The SMILES string of the molecule is c1ccc(-c2cc(N3CCCCC3)cc(N3CCCC3)c2)cc1. The molecular formula is C21H26N2. The first-order valence-electron chi connectivity index (χ1n) is 9.10. The van der Waals surface area contributed by atoms with Gasteiger partial charge in [-0.25, -0.2) is 0 Å². The fourth-order valence-corrected chi connectivity index (χ4v) is 3.89. The lowest BCUT2D eigenvalue weighted by molar-refractivity contribution is 0.578. The summed E-state index contributed by atoms with van der Waals surface area (Å²) in [6, 6.07) is 18.0.